The molecule has 0 atom stereocenters. The summed E-state index contributed by atoms with van der Waals surface area (Å²) in [5.74, 6) is 0.746. The first-order valence-electron chi connectivity index (χ1n) is 5.83. The van der Waals surface area contributed by atoms with E-state index in [0.29, 0.717) is 12.3 Å². The molecule has 0 aliphatic rings. The van der Waals surface area contributed by atoms with Gasteiger partial charge in [-0.2, -0.15) is 0 Å². The summed E-state index contributed by atoms with van der Waals surface area (Å²) in [6.07, 6.45) is 0. The number of nitrogen functional groups attached to an aromatic ring is 1. The first-order valence-corrected chi connectivity index (χ1v) is 5.83. The van der Waals surface area contributed by atoms with E-state index in [-0.39, 0.29) is 17.2 Å². The third kappa shape index (κ3) is 2.93. The summed E-state index contributed by atoms with van der Waals surface area (Å²) in [4.78, 5) is 13.6. The molecule has 2 N–H and O–H groups in total. The van der Waals surface area contributed by atoms with Crippen molar-refractivity contribution in [2.24, 2.45) is 0 Å². The normalized spacial score (nSPS) is 10.5. The number of anilines is 1. The van der Waals surface area contributed by atoms with Crippen LogP contribution in [0.5, 0.6) is 0 Å². The molecule has 0 aliphatic carbocycles. The molecule has 0 fully saturated rings. The number of aryl methyl sites for hydroxylation is 1. The van der Waals surface area contributed by atoms with E-state index in [1.165, 1.54) is 17.0 Å². The van der Waals surface area contributed by atoms with Crippen molar-refractivity contribution in [3.05, 3.63) is 53.2 Å². The lowest BCUT2D eigenvalue weighted by Crippen LogP contribution is -2.26. The minimum absolute atomic E-state index is 0.132. The fourth-order valence-corrected chi connectivity index (χ4v) is 1.81. The summed E-state index contributed by atoms with van der Waals surface area (Å²) in [6, 6.07) is 7.39. The monoisotopic (exact) mass is 262 g/mol. The summed E-state index contributed by atoms with van der Waals surface area (Å²) in [5, 5.41) is 0. The van der Waals surface area contributed by atoms with Gasteiger partial charge in [0.05, 0.1) is 12.1 Å². The Labute approximate surface area is 110 Å². The van der Waals surface area contributed by atoms with Crippen LogP contribution in [0.15, 0.2) is 34.7 Å². The Morgan fingerprint density at radius 1 is 1.37 bits per heavy atom. The predicted octanol–water partition coefficient (Wildman–Crippen LogP) is 2.58. The fourth-order valence-electron chi connectivity index (χ4n) is 1.81. The number of benzene rings is 1. The van der Waals surface area contributed by atoms with Crippen LogP contribution < -0.4 is 5.73 Å². The third-order valence-corrected chi connectivity index (χ3v) is 2.78. The van der Waals surface area contributed by atoms with Crippen LogP contribution in [0, 0.1) is 12.7 Å². The number of amides is 1. The lowest BCUT2D eigenvalue weighted by atomic mass is 10.1. The SMILES string of the molecule is Cc1ccc(CN(C)C(=O)c2ccc(F)cc2N)o1. The van der Waals surface area contributed by atoms with E-state index < -0.39 is 5.82 Å². The van der Waals surface area contributed by atoms with Gasteiger partial charge in [-0.1, -0.05) is 0 Å². The van der Waals surface area contributed by atoms with E-state index in [0.717, 1.165) is 11.8 Å². The number of hydrogen-bond donors (Lipinski definition) is 1. The Kier molecular flexibility index (Phi) is 3.55. The number of furan rings is 1. The van der Waals surface area contributed by atoms with Gasteiger partial charge in [-0.25, -0.2) is 4.39 Å². The van der Waals surface area contributed by atoms with Gasteiger partial charge in [0.25, 0.3) is 5.91 Å². The zero-order valence-electron chi connectivity index (χ0n) is 10.8. The highest BCUT2D eigenvalue weighted by atomic mass is 19.1. The number of rotatable bonds is 3. The second-order valence-corrected chi connectivity index (χ2v) is 4.41. The highest BCUT2D eigenvalue weighted by molar-refractivity contribution is 5.98. The molecule has 1 heterocycles. The van der Waals surface area contributed by atoms with Gasteiger partial charge in [0.2, 0.25) is 0 Å². The summed E-state index contributed by atoms with van der Waals surface area (Å²) in [5.41, 5.74) is 6.06. The van der Waals surface area contributed by atoms with E-state index in [2.05, 4.69) is 0 Å². The van der Waals surface area contributed by atoms with Crippen molar-refractivity contribution >= 4 is 11.6 Å². The van der Waals surface area contributed by atoms with E-state index in [4.69, 9.17) is 10.2 Å². The second kappa shape index (κ2) is 5.14. The van der Waals surface area contributed by atoms with Crippen LogP contribution in [0.1, 0.15) is 21.9 Å². The van der Waals surface area contributed by atoms with E-state index in [1.54, 1.807) is 7.05 Å². The molecule has 19 heavy (non-hydrogen) atoms. The van der Waals surface area contributed by atoms with Crippen LogP contribution in [0.4, 0.5) is 10.1 Å². The predicted molar refractivity (Wildman–Crippen MR) is 70.1 cm³/mol. The Morgan fingerprint density at radius 3 is 2.68 bits per heavy atom. The molecule has 0 radical (unpaired) electrons. The second-order valence-electron chi connectivity index (χ2n) is 4.41. The van der Waals surface area contributed by atoms with Crippen LogP contribution in [-0.2, 0) is 6.54 Å². The number of halogens is 1. The minimum atomic E-state index is -0.460. The quantitative estimate of drug-likeness (QED) is 0.865. The molecule has 1 aromatic heterocycles. The highest BCUT2D eigenvalue weighted by Crippen LogP contribution is 2.17. The lowest BCUT2D eigenvalue weighted by Gasteiger charge is -2.16. The van der Waals surface area contributed by atoms with Crippen molar-refractivity contribution in [2.75, 3.05) is 12.8 Å². The number of nitrogens with two attached hydrogens (primary N) is 1. The van der Waals surface area contributed by atoms with Crippen LogP contribution >= 0.6 is 0 Å². The Balaban J connectivity index is 2.14. The molecule has 2 rings (SSSR count). The molecule has 5 heteroatoms. The van der Waals surface area contributed by atoms with Crippen LogP contribution in [0.25, 0.3) is 0 Å². The highest BCUT2D eigenvalue weighted by Gasteiger charge is 2.16. The van der Waals surface area contributed by atoms with Crippen LogP contribution in [0.3, 0.4) is 0 Å². The van der Waals surface area contributed by atoms with Crippen LogP contribution in [0.2, 0.25) is 0 Å². The van der Waals surface area contributed by atoms with Crippen molar-refractivity contribution in [1.29, 1.82) is 0 Å². The maximum atomic E-state index is 12.9. The van der Waals surface area contributed by atoms with Gasteiger partial charge in [-0.05, 0) is 37.3 Å². The first-order chi connectivity index (χ1) is 8.97. The zero-order chi connectivity index (χ0) is 14.0. The summed E-state index contributed by atoms with van der Waals surface area (Å²) in [7, 11) is 1.64. The van der Waals surface area contributed by atoms with Crippen LogP contribution in [-0.4, -0.2) is 17.9 Å². The molecule has 100 valence electrons. The van der Waals surface area contributed by atoms with Gasteiger partial charge in [-0.15, -0.1) is 0 Å². The van der Waals surface area contributed by atoms with Gasteiger partial charge >= 0.3 is 0 Å². The Hall–Kier alpha value is -2.30. The molecule has 0 bridgehead atoms. The van der Waals surface area contributed by atoms with Gasteiger partial charge in [0.15, 0.2) is 0 Å². The number of nitrogens with zero attached hydrogens (tertiary/aromatic N) is 1. The van der Waals surface area contributed by atoms with E-state index in [9.17, 15) is 9.18 Å². The third-order valence-electron chi connectivity index (χ3n) is 2.78. The largest absolute Gasteiger partial charge is 0.464 e. The number of carbonyl (C=O) groups excluding carboxylic acids is 1. The maximum absolute atomic E-state index is 12.9. The van der Waals surface area contributed by atoms with Gasteiger partial charge in [0, 0.05) is 12.7 Å². The summed E-state index contributed by atoms with van der Waals surface area (Å²) < 4.78 is 18.3. The topological polar surface area (TPSA) is 59.5 Å². The fraction of sp³-hybridized carbons (Fsp3) is 0.214. The van der Waals surface area contributed by atoms with Crippen molar-refractivity contribution < 1.29 is 13.6 Å². The molecule has 2 aromatic rings. The molecule has 0 unspecified atom stereocenters. The first kappa shape index (κ1) is 13.1. The average Bonchev–Trinajstić information content (AvgIpc) is 2.74. The summed E-state index contributed by atoms with van der Waals surface area (Å²) >= 11 is 0. The van der Waals surface area contributed by atoms with Crippen molar-refractivity contribution in [2.45, 2.75) is 13.5 Å². The molecule has 0 saturated carbocycles. The van der Waals surface area contributed by atoms with E-state index >= 15 is 0 Å². The smallest absolute Gasteiger partial charge is 0.256 e. The minimum Gasteiger partial charge on any atom is -0.464 e. The molecule has 0 aliphatic heterocycles. The van der Waals surface area contributed by atoms with Gasteiger partial charge < -0.3 is 15.1 Å². The molecule has 0 spiro atoms. The molecule has 4 nitrogen and oxygen atoms in total. The zero-order valence-corrected chi connectivity index (χ0v) is 10.8. The number of hydrogen-bond acceptors (Lipinski definition) is 3. The number of carbonyl (C=O) groups is 1. The van der Waals surface area contributed by atoms with Gasteiger partial charge in [-0.3, -0.25) is 4.79 Å². The molecular formula is C14H15FN2O2. The Morgan fingerprint density at radius 2 is 2.11 bits per heavy atom. The summed E-state index contributed by atoms with van der Waals surface area (Å²) in [6.45, 7) is 2.17. The lowest BCUT2D eigenvalue weighted by molar-refractivity contribution is 0.0776. The molecule has 1 aromatic carbocycles. The molecule has 1 amide bonds. The molecule has 0 saturated heterocycles. The van der Waals surface area contributed by atoms with Gasteiger partial charge in [0.1, 0.15) is 17.3 Å². The standard InChI is InChI=1S/C14H15FN2O2/c1-9-3-5-11(19-9)8-17(2)14(18)12-6-4-10(15)7-13(12)16/h3-7H,8,16H2,1-2H3. The van der Waals surface area contributed by atoms with Crippen molar-refractivity contribution in [3.8, 4) is 0 Å². The Bertz CT molecular complexity index is 607. The molecular weight excluding hydrogens is 247 g/mol. The van der Waals surface area contributed by atoms with Crippen molar-refractivity contribution in [3.63, 3.8) is 0 Å². The maximum Gasteiger partial charge on any atom is 0.256 e. The van der Waals surface area contributed by atoms with Crippen molar-refractivity contribution in [1.82, 2.24) is 4.90 Å². The van der Waals surface area contributed by atoms with E-state index in [1.807, 2.05) is 19.1 Å². The average molecular weight is 262 g/mol.